The SMILES string of the molecule is CSC1=C(SC)SC(=C2SC([S-])=C([S-])S2)S1. The zero-order valence-electron chi connectivity index (χ0n) is 8.27. The summed E-state index contributed by atoms with van der Waals surface area (Å²) in [6.45, 7) is 0. The lowest BCUT2D eigenvalue weighted by atomic mass is 11.2. The van der Waals surface area contributed by atoms with E-state index in [0.717, 1.165) is 8.47 Å². The topological polar surface area (TPSA) is 0 Å². The Bertz CT molecular complexity index is 370. The molecule has 2 aliphatic rings. The molecule has 0 aromatic rings. The Labute approximate surface area is 132 Å². The van der Waals surface area contributed by atoms with E-state index in [1.165, 1.54) is 16.9 Å². The molecule has 88 valence electrons. The van der Waals surface area contributed by atoms with Gasteiger partial charge in [0.25, 0.3) is 0 Å². The van der Waals surface area contributed by atoms with Crippen molar-refractivity contribution in [1.29, 1.82) is 0 Å². The summed E-state index contributed by atoms with van der Waals surface area (Å²) in [5.74, 6) is 0. The maximum atomic E-state index is 5.19. The van der Waals surface area contributed by atoms with Crippen molar-refractivity contribution in [3.05, 3.63) is 25.4 Å². The highest BCUT2D eigenvalue weighted by molar-refractivity contribution is 8.43. The van der Waals surface area contributed by atoms with Gasteiger partial charge in [0.2, 0.25) is 0 Å². The number of rotatable bonds is 2. The average Bonchev–Trinajstić information content (AvgIpc) is 2.83. The first-order valence-electron chi connectivity index (χ1n) is 4.02. The summed E-state index contributed by atoms with van der Waals surface area (Å²) in [7, 11) is 0. The minimum Gasteiger partial charge on any atom is -0.774 e. The molecule has 0 atom stereocenters. The minimum absolute atomic E-state index is 0.854. The first kappa shape index (κ1) is 14.2. The van der Waals surface area contributed by atoms with Gasteiger partial charge in [-0.2, -0.15) is 0 Å². The molecule has 0 saturated heterocycles. The fourth-order valence-electron chi connectivity index (χ4n) is 0.962. The van der Waals surface area contributed by atoms with Gasteiger partial charge in [-0.1, -0.05) is 23.5 Å². The third-order valence-electron chi connectivity index (χ3n) is 1.61. The Hall–Kier alpha value is 1.76. The molecule has 0 radical (unpaired) electrons. The van der Waals surface area contributed by atoms with Gasteiger partial charge in [-0.05, 0) is 12.5 Å². The van der Waals surface area contributed by atoms with E-state index in [1.54, 1.807) is 23.5 Å². The van der Waals surface area contributed by atoms with Crippen molar-refractivity contribution in [3.63, 3.8) is 0 Å². The third kappa shape index (κ3) is 3.01. The van der Waals surface area contributed by atoms with Gasteiger partial charge >= 0.3 is 0 Å². The van der Waals surface area contributed by atoms with Crippen molar-refractivity contribution >= 4 is 95.8 Å². The number of thioether (sulfide) groups is 6. The molecule has 0 aromatic carbocycles. The number of hydrogen-bond acceptors (Lipinski definition) is 8. The van der Waals surface area contributed by atoms with Crippen LogP contribution in [-0.4, -0.2) is 12.5 Å². The predicted molar refractivity (Wildman–Crippen MR) is 93.2 cm³/mol. The van der Waals surface area contributed by atoms with Crippen LogP contribution in [0.25, 0.3) is 0 Å². The fourth-order valence-corrected chi connectivity index (χ4v) is 9.27. The van der Waals surface area contributed by atoms with Gasteiger partial charge in [0.1, 0.15) is 0 Å². The fraction of sp³-hybridized carbons (Fsp3) is 0.250. The summed E-state index contributed by atoms with van der Waals surface area (Å²) >= 11 is 21.0. The molecule has 8 heteroatoms. The van der Waals surface area contributed by atoms with Crippen LogP contribution in [0.15, 0.2) is 25.4 Å². The zero-order valence-corrected chi connectivity index (χ0v) is 14.8. The molecule has 0 spiro atoms. The molecule has 0 aromatic heterocycles. The molecule has 2 rings (SSSR count). The van der Waals surface area contributed by atoms with Crippen LogP contribution < -0.4 is 0 Å². The largest absolute Gasteiger partial charge is 0.774 e. The van der Waals surface area contributed by atoms with Crippen LogP contribution in [0.4, 0.5) is 0 Å². The highest BCUT2D eigenvalue weighted by Gasteiger charge is 2.24. The van der Waals surface area contributed by atoms with Crippen LogP contribution in [0.2, 0.25) is 0 Å². The van der Waals surface area contributed by atoms with Crippen LogP contribution in [0, 0.1) is 0 Å². The summed E-state index contributed by atoms with van der Waals surface area (Å²) in [5.41, 5.74) is 0. The van der Waals surface area contributed by atoms with Crippen LogP contribution in [-0.2, 0) is 25.3 Å². The molecule has 2 aliphatic heterocycles. The monoisotopic (exact) mass is 358 g/mol. The Morgan fingerprint density at radius 2 is 1.12 bits per heavy atom. The smallest absolute Gasteiger partial charge is 0.0716 e. The van der Waals surface area contributed by atoms with Crippen LogP contribution >= 0.6 is 70.6 Å². The molecule has 0 amide bonds. The first-order chi connectivity index (χ1) is 7.65. The average molecular weight is 359 g/mol. The maximum absolute atomic E-state index is 5.19. The van der Waals surface area contributed by atoms with Crippen LogP contribution in [0.5, 0.6) is 0 Å². The van der Waals surface area contributed by atoms with Crippen molar-refractivity contribution in [3.8, 4) is 0 Å². The van der Waals surface area contributed by atoms with Gasteiger partial charge < -0.3 is 25.3 Å². The Kier molecular flexibility index (Phi) is 5.56. The second-order valence-electron chi connectivity index (χ2n) is 2.54. The lowest BCUT2D eigenvalue weighted by molar-refractivity contribution is 2.30. The van der Waals surface area contributed by atoms with Gasteiger partial charge in [-0.3, -0.25) is 0 Å². The summed E-state index contributed by atoms with van der Waals surface area (Å²) in [6.07, 6.45) is 4.24. The standard InChI is InChI=1S/C8H8S8/c1-11-5-6(12-2)16-8(15-5)7-13-3(9)4(10)14-7/h9-10H,1-2H3/p-2. The zero-order chi connectivity index (χ0) is 11.7. The summed E-state index contributed by atoms with van der Waals surface area (Å²) in [5, 5.41) is 0. The molecule has 0 unspecified atom stereocenters. The van der Waals surface area contributed by atoms with E-state index in [9.17, 15) is 0 Å². The lowest BCUT2D eigenvalue weighted by Gasteiger charge is -2.11. The maximum Gasteiger partial charge on any atom is 0.0716 e. The van der Waals surface area contributed by atoms with Crippen LogP contribution in [0.3, 0.4) is 0 Å². The van der Waals surface area contributed by atoms with Crippen molar-refractivity contribution in [2.45, 2.75) is 0 Å². The molecule has 2 heterocycles. The van der Waals surface area contributed by atoms with Crippen molar-refractivity contribution in [2.24, 2.45) is 0 Å². The van der Waals surface area contributed by atoms with Crippen molar-refractivity contribution < 1.29 is 0 Å². The summed E-state index contributed by atoms with van der Waals surface area (Å²) in [4.78, 5) is 0. The molecule has 0 saturated carbocycles. The molecule has 0 fully saturated rings. The van der Waals surface area contributed by atoms with Gasteiger partial charge in [0.15, 0.2) is 0 Å². The van der Waals surface area contributed by atoms with Gasteiger partial charge in [-0.25, -0.2) is 0 Å². The molecular formula is C8H6S8-2. The van der Waals surface area contributed by atoms with Gasteiger partial charge in [-0.15, -0.1) is 55.5 Å². The molecule has 16 heavy (non-hydrogen) atoms. The van der Waals surface area contributed by atoms with Crippen LogP contribution in [0.1, 0.15) is 0 Å². The Balaban J connectivity index is 2.15. The quantitative estimate of drug-likeness (QED) is 0.614. The van der Waals surface area contributed by atoms with E-state index in [2.05, 4.69) is 12.5 Å². The van der Waals surface area contributed by atoms with E-state index >= 15 is 0 Å². The van der Waals surface area contributed by atoms with Crippen molar-refractivity contribution in [1.82, 2.24) is 0 Å². The molecule has 0 aliphatic carbocycles. The van der Waals surface area contributed by atoms with Gasteiger partial charge in [0.05, 0.1) is 16.9 Å². The third-order valence-corrected chi connectivity index (χ3v) is 10.8. The Morgan fingerprint density at radius 3 is 1.50 bits per heavy atom. The minimum atomic E-state index is 0.854. The van der Waals surface area contributed by atoms with E-state index in [1.807, 2.05) is 47.0 Å². The highest BCUT2D eigenvalue weighted by atomic mass is 32.3. The van der Waals surface area contributed by atoms with Crippen molar-refractivity contribution in [2.75, 3.05) is 12.5 Å². The van der Waals surface area contributed by atoms with E-state index in [-0.39, 0.29) is 0 Å². The van der Waals surface area contributed by atoms with E-state index < -0.39 is 0 Å². The second-order valence-corrected chi connectivity index (χ2v) is 10.6. The number of hydrogen-bond donors (Lipinski definition) is 0. The predicted octanol–water partition coefficient (Wildman–Crippen LogP) is 5.15. The normalized spacial score (nSPS) is 21.6. The lowest BCUT2D eigenvalue weighted by Crippen LogP contribution is -1.67. The summed E-state index contributed by atoms with van der Waals surface area (Å²) < 4.78 is 7.10. The first-order valence-corrected chi connectivity index (χ1v) is 10.5. The van der Waals surface area contributed by atoms with E-state index in [0.29, 0.717) is 0 Å². The highest BCUT2D eigenvalue weighted by Crippen LogP contribution is 2.62. The second kappa shape index (κ2) is 6.27. The molecule has 0 bridgehead atoms. The Morgan fingerprint density at radius 1 is 0.750 bits per heavy atom. The van der Waals surface area contributed by atoms with Gasteiger partial charge in [0, 0.05) is 0 Å². The van der Waals surface area contributed by atoms with E-state index in [4.69, 9.17) is 25.3 Å². The molecular weight excluding hydrogens is 353 g/mol. The molecule has 0 nitrogen and oxygen atoms in total. The summed E-state index contributed by atoms with van der Waals surface area (Å²) in [6, 6.07) is 0. The molecule has 0 N–H and O–H groups in total.